The van der Waals surface area contributed by atoms with Crippen molar-refractivity contribution in [1.82, 2.24) is 0 Å². The normalized spacial score (nSPS) is 8.53. The second-order valence-electron chi connectivity index (χ2n) is 2.89. The molecule has 1 N–H and O–H groups in total. The van der Waals surface area contributed by atoms with Crippen LogP contribution in [0.2, 0.25) is 0 Å². The SMILES string of the molecule is Cc1cc(NC=C(C#N)C#N)ccc1I. The Morgan fingerprint density at radius 3 is 2.60 bits per heavy atom. The number of anilines is 1. The first-order valence-electron chi connectivity index (χ1n) is 4.20. The summed E-state index contributed by atoms with van der Waals surface area (Å²) >= 11 is 2.25. The number of allylic oxidation sites excluding steroid dienone is 1. The lowest BCUT2D eigenvalue weighted by Crippen LogP contribution is -1.91. The van der Waals surface area contributed by atoms with Gasteiger partial charge in [-0.25, -0.2) is 0 Å². The molecular formula is C11H8IN3. The van der Waals surface area contributed by atoms with Crippen molar-refractivity contribution in [3.8, 4) is 12.1 Å². The Hall–Kier alpha value is -1.53. The van der Waals surface area contributed by atoms with Crippen LogP contribution in [-0.2, 0) is 0 Å². The zero-order chi connectivity index (χ0) is 11.3. The number of aryl methyl sites for hydroxylation is 1. The van der Waals surface area contributed by atoms with Gasteiger partial charge >= 0.3 is 0 Å². The molecule has 0 bridgehead atoms. The summed E-state index contributed by atoms with van der Waals surface area (Å²) in [6, 6.07) is 9.41. The summed E-state index contributed by atoms with van der Waals surface area (Å²) in [6.45, 7) is 2.01. The molecule has 0 unspecified atom stereocenters. The van der Waals surface area contributed by atoms with Crippen molar-refractivity contribution >= 4 is 28.3 Å². The van der Waals surface area contributed by atoms with Gasteiger partial charge in [-0.1, -0.05) is 0 Å². The number of nitriles is 2. The molecule has 0 amide bonds. The molecule has 0 saturated heterocycles. The molecule has 0 aliphatic rings. The summed E-state index contributed by atoms with van der Waals surface area (Å²) in [4.78, 5) is 0. The first-order valence-corrected chi connectivity index (χ1v) is 5.28. The van der Waals surface area contributed by atoms with E-state index in [1.54, 1.807) is 12.1 Å². The highest BCUT2D eigenvalue weighted by atomic mass is 127. The predicted molar refractivity (Wildman–Crippen MR) is 66.8 cm³/mol. The van der Waals surface area contributed by atoms with Crippen molar-refractivity contribution in [2.75, 3.05) is 5.32 Å². The molecule has 1 aromatic rings. The third-order valence-electron chi connectivity index (χ3n) is 1.78. The number of rotatable bonds is 2. The van der Waals surface area contributed by atoms with Crippen LogP contribution in [0.15, 0.2) is 30.0 Å². The molecule has 3 nitrogen and oxygen atoms in total. The highest BCUT2D eigenvalue weighted by Crippen LogP contribution is 2.16. The molecule has 74 valence electrons. The zero-order valence-electron chi connectivity index (χ0n) is 8.08. The molecule has 0 fully saturated rings. The maximum Gasteiger partial charge on any atom is 0.145 e. The van der Waals surface area contributed by atoms with E-state index in [2.05, 4.69) is 27.9 Å². The van der Waals surface area contributed by atoms with Gasteiger partial charge < -0.3 is 5.32 Å². The Balaban J connectivity index is 2.84. The first-order chi connectivity index (χ1) is 7.17. The maximum absolute atomic E-state index is 8.52. The quantitative estimate of drug-likeness (QED) is 0.675. The van der Waals surface area contributed by atoms with E-state index in [1.807, 2.05) is 25.1 Å². The largest absolute Gasteiger partial charge is 0.360 e. The molecule has 4 heteroatoms. The highest BCUT2D eigenvalue weighted by molar-refractivity contribution is 14.1. The van der Waals surface area contributed by atoms with Gasteiger partial charge in [-0.15, -0.1) is 0 Å². The fourth-order valence-electron chi connectivity index (χ4n) is 0.980. The Bertz CT molecular complexity index is 462. The van der Waals surface area contributed by atoms with Gasteiger partial charge in [0.25, 0.3) is 0 Å². The van der Waals surface area contributed by atoms with E-state index < -0.39 is 0 Å². The highest BCUT2D eigenvalue weighted by Gasteiger charge is 1.96. The summed E-state index contributed by atoms with van der Waals surface area (Å²) in [5, 5.41) is 19.9. The minimum atomic E-state index is 0.0613. The minimum absolute atomic E-state index is 0.0613. The van der Waals surface area contributed by atoms with E-state index in [4.69, 9.17) is 10.5 Å². The number of nitrogens with zero attached hydrogens (tertiary/aromatic N) is 2. The van der Waals surface area contributed by atoms with E-state index in [-0.39, 0.29) is 5.57 Å². The lowest BCUT2D eigenvalue weighted by molar-refractivity contribution is 1.40. The van der Waals surface area contributed by atoms with Crippen molar-refractivity contribution < 1.29 is 0 Å². The second kappa shape index (κ2) is 5.38. The summed E-state index contributed by atoms with van der Waals surface area (Å²) in [6.07, 6.45) is 1.40. The standard InChI is InChI=1S/C11H8IN3/c1-8-4-10(2-3-11(8)12)15-7-9(5-13)6-14/h2-4,7,15H,1H3. The Morgan fingerprint density at radius 2 is 2.07 bits per heavy atom. The summed E-state index contributed by atoms with van der Waals surface area (Å²) in [7, 11) is 0. The van der Waals surface area contributed by atoms with Gasteiger partial charge in [0, 0.05) is 15.5 Å². The number of hydrogen-bond donors (Lipinski definition) is 1. The van der Waals surface area contributed by atoms with Crippen molar-refractivity contribution in [2.45, 2.75) is 6.92 Å². The predicted octanol–water partition coefficient (Wildman–Crippen LogP) is 2.94. The molecule has 0 saturated carbocycles. The summed E-state index contributed by atoms with van der Waals surface area (Å²) < 4.78 is 1.18. The van der Waals surface area contributed by atoms with Crippen molar-refractivity contribution in [3.63, 3.8) is 0 Å². The Labute approximate surface area is 102 Å². The van der Waals surface area contributed by atoms with Crippen LogP contribution in [0.3, 0.4) is 0 Å². The average Bonchev–Trinajstić information content (AvgIpc) is 2.24. The van der Waals surface area contributed by atoms with Gasteiger partial charge in [-0.3, -0.25) is 0 Å². The molecule has 0 aliphatic heterocycles. The fraction of sp³-hybridized carbons (Fsp3) is 0.0909. The Kier molecular flexibility index (Phi) is 4.14. The topological polar surface area (TPSA) is 59.6 Å². The number of hydrogen-bond acceptors (Lipinski definition) is 3. The smallest absolute Gasteiger partial charge is 0.145 e. The van der Waals surface area contributed by atoms with Gasteiger partial charge in [0.2, 0.25) is 0 Å². The monoisotopic (exact) mass is 309 g/mol. The molecule has 0 radical (unpaired) electrons. The van der Waals surface area contributed by atoms with Crippen LogP contribution in [0, 0.1) is 33.2 Å². The third-order valence-corrected chi connectivity index (χ3v) is 2.99. The van der Waals surface area contributed by atoms with Crippen LogP contribution in [-0.4, -0.2) is 0 Å². The van der Waals surface area contributed by atoms with E-state index >= 15 is 0 Å². The van der Waals surface area contributed by atoms with Crippen LogP contribution in [0.25, 0.3) is 0 Å². The van der Waals surface area contributed by atoms with Gasteiger partial charge in [-0.2, -0.15) is 10.5 Å². The molecular weight excluding hydrogens is 301 g/mol. The van der Waals surface area contributed by atoms with Crippen LogP contribution in [0.1, 0.15) is 5.56 Å². The van der Waals surface area contributed by atoms with Crippen LogP contribution in [0.5, 0.6) is 0 Å². The van der Waals surface area contributed by atoms with Crippen LogP contribution >= 0.6 is 22.6 Å². The summed E-state index contributed by atoms with van der Waals surface area (Å²) in [5.74, 6) is 0. The van der Waals surface area contributed by atoms with Gasteiger partial charge in [0.05, 0.1) is 0 Å². The van der Waals surface area contributed by atoms with E-state index in [0.29, 0.717) is 0 Å². The molecule has 0 aliphatic carbocycles. The number of benzene rings is 1. The third kappa shape index (κ3) is 3.26. The first kappa shape index (κ1) is 11.5. The minimum Gasteiger partial charge on any atom is -0.360 e. The van der Waals surface area contributed by atoms with E-state index in [0.717, 1.165) is 11.3 Å². The molecule has 0 aromatic heterocycles. The van der Waals surface area contributed by atoms with E-state index in [1.165, 1.54) is 9.77 Å². The maximum atomic E-state index is 8.52. The zero-order valence-corrected chi connectivity index (χ0v) is 10.2. The lowest BCUT2D eigenvalue weighted by Gasteiger charge is -2.03. The van der Waals surface area contributed by atoms with E-state index in [9.17, 15) is 0 Å². The fourth-order valence-corrected chi connectivity index (χ4v) is 1.32. The van der Waals surface area contributed by atoms with Crippen LogP contribution in [0.4, 0.5) is 5.69 Å². The van der Waals surface area contributed by atoms with Crippen molar-refractivity contribution in [3.05, 3.63) is 39.1 Å². The molecule has 0 atom stereocenters. The van der Waals surface area contributed by atoms with Crippen molar-refractivity contribution in [2.24, 2.45) is 0 Å². The van der Waals surface area contributed by atoms with Crippen molar-refractivity contribution in [1.29, 1.82) is 10.5 Å². The molecule has 0 heterocycles. The van der Waals surface area contributed by atoms with Gasteiger partial charge in [0.1, 0.15) is 17.7 Å². The number of nitrogens with one attached hydrogen (secondary N) is 1. The second-order valence-corrected chi connectivity index (χ2v) is 4.05. The molecule has 1 rings (SSSR count). The van der Waals surface area contributed by atoms with Gasteiger partial charge in [0.15, 0.2) is 0 Å². The summed E-state index contributed by atoms with van der Waals surface area (Å²) in [5.41, 5.74) is 2.09. The molecule has 0 spiro atoms. The number of halogens is 1. The van der Waals surface area contributed by atoms with Crippen LogP contribution < -0.4 is 5.32 Å². The lowest BCUT2D eigenvalue weighted by atomic mass is 10.2. The Morgan fingerprint density at radius 1 is 1.40 bits per heavy atom. The molecule has 15 heavy (non-hydrogen) atoms. The molecule has 1 aromatic carbocycles. The average molecular weight is 309 g/mol. The van der Waals surface area contributed by atoms with Gasteiger partial charge in [-0.05, 0) is 53.3 Å².